The number of hydrogen-bond acceptors (Lipinski definition) is 5. The first-order valence-electron chi connectivity index (χ1n) is 12.4. The number of nitrogens with zero attached hydrogens (tertiary/aromatic N) is 1. The van der Waals surface area contributed by atoms with E-state index in [0.717, 1.165) is 28.8 Å². The molecule has 0 saturated carbocycles. The first kappa shape index (κ1) is 29.0. The number of methoxy groups -OCH3 is 1. The molecule has 2 N–H and O–H groups in total. The minimum absolute atomic E-state index is 0.0978. The van der Waals surface area contributed by atoms with Crippen molar-refractivity contribution in [3.05, 3.63) is 106 Å². The van der Waals surface area contributed by atoms with Crippen LogP contribution in [0.25, 0.3) is 0 Å². The molecular formula is C30H29F2N3O4. The van der Waals surface area contributed by atoms with Crippen LogP contribution in [0, 0.1) is 29.9 Å². The summed E-state index contributed by atoms with van der Waals surface area (Å²) in [5.74, 6) is -3.80. The zero-order chi connectivity index (χ0) is 28.4. The van der Waals surface area contributed by atoms with Crippen molar-refractivity contribution in [2.24, 2.45) is 0 Å². The van der Waals surface area contributed by atoms with Gasteiger partial charge in [-0.25, -0.2) is 13.6 Å². The number of carbonyl (C=O) groups excluding carboxylic acids is 3. The molecule has 0 bridgehead atoms. The smallest absolute Gasteiger partial charge is 0.337 e. The summed E-state index contributed by atoms with van der Waals surface area (Å²) in [6, 6.07) is 17.0. The lowest BCUT2D eigenvalue weighted by Crippen LogP contribution is -2.50. The van der Waals surface area contributed by atoms with Crippen LogP contribution in [0.5, 0.6) is 0 Å². The van der Waals surface area contributed by atoms with E-state index in [9.17, 15) is 28.4 Å². The highest BCUT2D eigenvalue weighted by Crippen LogP contribution is 2.14. The highest BCUT2D eigenvalue weighted by atomic mass is 19.1. The second-order valence-electron chi connectivity index (χ2n) is 9.12. The quantitative estimate of drug-likeness (QED) is 0.355. The van der Waals surface area contributed by atoms with Crippen LogP contribution in [0.15, 0.2) is 66.7 Å². The summed E-state index contributed by atoms with van der Waals surface area (Å²) in [7, 11) is 1.31. The first-order valence-corrected chi connectivity index (χ1v) is 12.4. The zero-order valence-corrected chi connectivity index (χ0v) is 21.7. The highest BCUT2D eigenvalue weighted by molar-refractivity contribution is 5.98. The summed E-state index contributed by atoms with van der Waals surface area (Å²) in [6.07, 6.45) is 1.52. The van der Waals surface area contributed by atoms with Gasteiger partial charge in [-0.2, -0.15) is 5.26 Å². The summed E-state index contributed by atoms with van der Waals surface area (Å²) < 4.78 is 32.2. The molecule has 9 heteroatoms. The summed E-state index contributed by atoms with van der Waals surface area (Å²) >= 11 is 0. The summed E-state index contributed by atoms with van der Waals surface area (Å²) in [4.78, 5) is 37.7. The Morgan fingerprint density at radius 1 is 0.974 bits per heavy atom. The van der Waals surface area contributed by atoms with E-state index >= 15 is 0 Å². The molecule has 0 spiro atoms. The van der Waals surface area contributed by atoms with Gasteiger partial charge in [0.25, 0.3) is 5.91 Å². The number of benzene rings is 3. The number of amides is 2. The number of aryl methyl sites for hydroxylation is 2. The van der Waals surface area contributed by atoms with E-state index in [4.69, 9.17) is 4.74 Å². The number of rotatable bonds is 11. The standard InChI is InChI=1S/C30H29F2N3O4/c1-19-6-3-9-21(14-19)16-27(35-28(36)25-13-12-23(31)17-26(25)32)29(37)34-24(18-33)11-5-8-20-7-4-10-22(15-20)30(38)39-2/h3-4,6-7,9-10,12-15,17,24,27H,5,8,11,16H2,1-2H3,(H,34,37)(H,35,36)/t24-,27-/m0/s1. The van der Waals surface area contributed by atoms with Gasteiger partial charge < -0.3 is 15.4 Å². The lowest BCUT2D eigenvalue weighted by Gasteiger charge is -2.21. The Bertz CT molecular complexity index is 1390. The Labute approximate surface area is 225 Å². The molecule has 0 unspecified atom stereocenters. The van der Waals surface area contributed by atoms with Gasteiger partial charge in [-0.1, -0.05) is 42.0 Å². The minimum atomic E-state index is -1.11. The predicted molar refractivity (Wildman–Crippen MR) is 141 cm³/mol. The maximum absolute atomic E-state index is 14.2. The molecule has 2 amide bonds. The normalized spacial score (nSPS) is 12.1. The van der Waals surface area contributed by atoms with Crippen LogP contribution in [0.2, 0.25) is 0 Å². The van der Waals surface area contributed by atoms with Gasteiger partial charge in [-0.15, -0.1) is 0 Å². The number of hydrogen-bond donors (Lipinski definition) is 2. The molecular weight excluding hydrogens is 504 g/mol. The van der Waals surface area contributed by atoms with Crippen LogP contribution in [0.3, 0.4) is 0 Å². The Balaban J connectivity index is 1.68. The SMILES string of the molecule is COC(=O)c1cccc(CCC[C@@H](C#N)NC(=O)[C@H](Cc2cccc(C)c2)NC(=O)c2ccc(F)cc2F)c1. The third-order valence-corrected chi connectivity index (χ3v) is 6.10. The number of ether oxygens (including phenoxy) is 1. The second kappa shape index (κ2) is 13.8. The molecule has 0 aliphatic heterocycles. The number of nitriles is 1. The molecule has 7 nitrogen and oxygen atoms in total. The van der Waals surface area contributed by atoms with Gasteiger partial charge in [0.1, 0.15) is 23.7 Å². The predicted octanol–water partition coefficient (Wildman–Crippen LogP) is 4.43. The Hall–Kier alpha value is -4.58. The monoisotopic (exact) mass is 533 g/mol. The Morgan fingerprint density at radius 3 is 2.41 bits per heavy atom. The lowest BCUT2D eigenvalue weighted by molar-refractivity contribution is -0.123. The maximum Gasteiger partial charge on any atom is 0.337 e. The lowest BCUT2D eigenvalue weighted by atomic mass is 10.0. The molecule has 0 aliphatic carbocycles. The van der Waals surface area contributed by atoms with Crippen LogP contribution in [-0.2, 0) is 22.4 Å². The molecule has 3 aromatic rings. The minimum Gasteiger partial charge on any atom is -0.465 e. The van der Waals surface area contributed by atoms with Crippen molar-refractivity contribution in [1.29, 1.82) is 5.26 Å². The Kier molecular flexibility index (Phi) is 10.3. The fourth-order valence-electron chi connectivity index (χ4n) is 4.12. The van der Waals surface area contributed by atoms with E-state index in [1.807, 2.05) is 31.2 Å². The van der Waals surface area contributed by atoms with Crippen LogP contribution in [0.4, 0.5) is 8.78 Å². The second-order valence-corrected chi connectivity index (χ2v) is 9.12. The average molecular weight is 534 g/mol. The number of halogens is 2. The molecule has 3 aromatic carbocycles. The zero-order valence-electron chi connectivity index (χ0n) is 21.7. The molecule has 0 aromatic heterocycles. The topological polar surface area (TPSA) is 108 Å². The molecule has 0 aliphatic rings. The van der Waals surface area contributed by atoms with Gasteiger partial charge >= 0.3 is 5.97 Å². The van der Waals surface area contributed by atoms with Crippen molar-refractivity contribution in [2.45, 2.75) is 44.7 Å². The van der Waals surface area contributed by atoms with E-state index in [2.05, 4.69) is 16.7 Å². The molecule has 39 heavy (non-hydrogen) atoms. The van der Waals surface area contributed by atoms with E-state index in [-0.39, 0.29) is 6.42 Å². The van der Waals surface area contributed by atoms with Gasteiger partial charge in [0.05, 0.1) is 24.3 Å². The molecule has 0 radical (unpaired) electrons. The fourth-order valence-corrected chi connectivity index (χ4v) is 4.12. The number of nitrogens with one attached hydrogen (secondary N) is 2. The Morgan fingerprint density at radius 2 is 1.72 bits per heavy atom. The van der Waals surface area contributed by atoms with Gasteiger partial charge in [0, 0.05) is 12.5 Å². The third kappa shape index (κ3) is 8.47. The van der Waals surface area contributed by atoms with Crippen LogP contribution in [0.1, 0.15) is 50.2 Å². The summed E-state index contributed by atoms with van der Waals surface area (Å²) in [5.41, 5.74) is 2.62. The molecule has 202 valence electrons. The number of carbonyl (C=O) groups is 3. The van der Waals surface area contributed by atoms with E-state index in [1.165, 1.54) is 7.11 Å². The molecule has 0 fully saturated rings. The van der Waals surface area contributed by atoms with Crippen molar-refractivity contribution in [3.63, 3.8) is 0 Å². The van der Waals surface area contributed by atoms with Gasteiger partial charge in [0.15, 0.2) is 0 Å². The summed E-state index contributed by atoms with van der Waals surface area (Å²) in [5, 5.41) is 14.8. The van der Waals surface area contributed by atoms with Crippen molar-refractivity contribution < 1.29 is 27.9 Å². The van der Waals surface area contributed by atoms with Gasteiger partial charge in [-0.05, 0) is 61.6 Å². The van der Waals surface area contributed by atoms with E-state index in [1.54, 1.807) is 24.3 Å². The molecule has 0 saturated heterocycles. The third-order valence-electron chi connectivity index (χ3n) is 6.10. The van der Waals surface area contributed by atoms with Crippen molar-refractivity contribution in [2.75, 3.05) is 7.11 Å². The van der Waals surface area contributed by atoms with Gasteiger partial charge in [-0.3, -0.25) is 9.59 Å². The average Bonchev–Trinajstić information content (AvgIpc) is 2.91. The van der Waals surface area contributed by atoms with Crippen LogP contribution >= 0.6 is 0 Å². The van der Waals surface area contributed by atoms with Crippen molar-refractivity contribution in [3.8, 4) is 6.07 Å². The highest BCUT2D eigenvalue weighted by Gasteiger charge is 2.25. The molecule has 0 heterocycles. The van der Waals surface area contributed by atoms with Crippen LogP contribution < -0.4 is 10.6 Å². The summed E-state index contributed by atoms with van der Waals surface area (Å²) in [6.45, 7) is 1.89. The van der Waals surface area contributed by atoms with Crippen molar-refractivity contribution in [1.82, 2.24) is 10.6 Å². The first-order chi connectivity index (χ1) is 18.7. The molecule has 3 rings (SSSR count). The fraction of sp³-hybridized carbons (Fsp3) is 0.267. The van der Waals surface area contributed by atoms with Crippen molar-refractivity contribution >= 4 is 17.8 Å². The maximum atomic E-state index is 14.2. The van der Waals surface area contributed by atoms with E-state index < -0.39 is 47.1 Å². The van der Waals surface area contributed by atoms with Gasteiger partial charge in [0.2, 0.25) is 5.91 Å². The van der Waals surface area contributed by atoms with E-state index in [0.29, 0.717) is 30.9 Å². The largest absolute Gasteiger partial charge is 0.465 e. The van der Waals surface area contributed by atoms with Crippen LogP contribution in [-0.4, -0.2) is 37.0 Å². The molecule has 2 atom stereocenters. The number of esters is 1.